The lowest BCUT2D eigenvalue weighted by molar-refractivity contribution is 0.949. The van der Waals surface area contributed by atoms with Crippen LogP contribution >= 0.6 is 0 Å². The average molecular weight is 186 g/mol. The Morgan fingerprint density at radius 1 is 1.29 bits per heavy atom. The van der Waals surface area contributed by atoms with Crippen molar-refractivity contribution in [2.24, 2.45) is 0 Å². The molecule has 0 aliphatic carbocycles. The van der Waals surface area contributed by atoms with Crippen LogP contribution in [0.2, 0.25) is 0 Å². The SMILES string of the molecule is O=c1ccc2cn3nccc3nc2[nH]1. The molecule has 3 aromatic heterocycles. The van der Waals surface area contributed by atoms with Crippen molar-refractivity contribution in [3.63, 3.8) is 0 Å². The minimum absolute atomic E-state index is 0.145. The van der Waals surface area contributed by atoms with Crippen molar-refractivity contribution in [3.05, 3.63) is 40.9 Å². The van der Waals surface area contributed by atoms with E-state index in [0.717, 1.165) is 11.0 Å². The first kappa shape index (κ1) is 7.25. The third kappa shape index (κ3) is 0.922. The van der Waals surface area contributed by atoms with Crippen molar-refractivity contribution in [1.82, 2.24) is 19.6 Å². The van der Waals surface area contributed by atoms with Crippen molar-refractivity contribution in [2.45, 2.75) is 0 Å². The van der Waals surface area contributed by atoms with Crippen LogP contribution in [-0.4, -0.2) is 19.6 Å². The fourth-order valence-electron chi connectivity index (χ4n) is 1.41. The highest BCUT2D eigenvalue weighted by molar-refractivity contribution is 5.75. The Balaban J connectivity index is 2.56. The summed E-state index contributed by atoms with van der Waals surface area (Å²) in [4.78, 5) is 17.9. The monoisotopic (exact) mass is 186 g/mol. The van der Waals surface area contributed by atoms with Gasteiger partial charge in [0.1, 0.15) is 5.65 Å². The molecule has 0 spiro atoms. The number of fused-ring (bicyclic) bond motifs is 2. The van der Waals surface area contributed by atoms with E-state index in [9.17, 15) is 4.79 Å². The Kier molecular flexibility index (Phi) is 1.25. The predicted octanol–water partition coefficient (Wildman–Crippen LogP) is 0.571. The Labute approximate surface area is 78.0 Å². The molecule has 0 saturated carbocycles. The molecule has 5 nitrogen and oxygen atoms in total. The van der Waals surface area contributed by atoms with Gasteiger partial charge in [-0.1, -0.05) is 0 Å². The van der Waals surface area contributed by atoms with E-state index in [2.05, 4.69) is 15.1 Å². The highest BCUT2D eigenvalue weighted by Crippen LogP contribution is 2.07. The Bertz CT molecular complexity index is 667. The second-order valence-electron chi connectivity index (χ2n) is 3.00. The molecule has 3 rings (SSSR count). The summed E-state index contributed by atoms with van der Waals surface area (Å²) < 4.78 is 1.67. The molecule has 0 saturated heterocycles. The minimum atomic E-state index is -0.145. The van der Waals surface area contributed by atoms with Gasteiger partial charge in [-0.15, -0.1) is 0 Å². The molecule has 0 bridgehead atoms. The van der Waals surface area contributed by atoms with Gasteiger partial charge in [-0.25, -0.2) is 9.50 Å². The third-order valence-electron chi connectivity index (χ3n) is 2.07. The molecule has 1 N–H and O–H groups in total. The summed E-state index contributed by atoms with van der Waals surface area (Å²) in [5.41, 5.74) is 1.17. The topological polar surface area (TPSA) is 63.1 Å². The van der Waals surface area contributed by atoms with Crippen LogP contribution in [0.4, 0.5) is 0 Å². The summed E-state index contributed by atoms with van der Waals surface area (Å²) in [7, 11) is 0. The highest BCUT2D eigenvalue weighted by atomic mass is 16.1. The smallest absolute Gasteiger partial charge is 0.249 e. The van der Waals surface area contributed by atoms with Crippen LogP contribution in [0.25, 0.3) is 16.7 Å². The van der Waals surface area contributed by atoms with Gasteiger partial charge in [0.05, 0.1) is 6.20 Å². The van der Waals surface area contributed by atoms with Gasteiger partial charge in [0, 0.05) is 23.7 Å². The Hall–Kier alpha value is -2.17. The van der Waals surface area contributed by atoms with E-state index < -0.39 is 0 Å². The molecule has 68 valence electrons. The summed E-state index contributed by atoms with van der Waals surface area (Å²) in [5, 5.41) is 4.92. The van der Waals surface area contributed by atoms with Gasteiger partial charge < -0.3 is 4.98 Å². The summed E-state index contributed by atoms with van der Waals surface area (Å²) >= 11 is 0. The maximum Gasteiger partial charge on any atom is 0.249 e. The number of hydrogen-bond donors (Lipinski definition) is 1. The minimum Gasteiger partial charge on any atom is -0.306 e. The fourth-order valence-corrected chi connectivity index (χ4v) is 1.41. The quantitative estimate of drug-likeness (QED) is 0.558. The average Bonchev–Trinajstić information content (AvgIpc) is 2.61. The van der Waals surface area contributed by atoms with Crippen molar-refractivity contribution < 1.29 is 0 Å². The van der Waals surface area contributed by atoms with Gasteiger partial charge in [-0.3, -0.25) is 4.79 Å². The van der Waals surface area contributed by atoms with Crippen LogP contribution in [0.3, 0.4) is 0 Å². The standard InChI is InChI=1S/C9H6N4O/c14-8-2-1-6-5-13-7(3-4-10-13)11-9(6)12-8/h1-5H,(H,11,12,14). The van der Waals surface area contributed by atoms with Gasteiger partial charge in [0.2, 0.25) is 5.56 Å². The lowest BCUT2D eigenvalue weighted by Crippen LogP contribution is -2.04. The van der Waals surface area contributed by atoms with Crippen LogP contribution in [0, 0.1) is 0 Å². The van der Waals surface area contributed by atoms with Crippen LogP contribution < -0.4 is 5.56 Å². The molecule has 0 atom stereocenters. The van der Waals surface area contributed by atoms with E-state index in [4.69, 9.17) is 0 Å². The number of aromatic amines is 1. The first-order valence-corrected chi connectivity index (χ1v) is 4.16. The van der Waals surface area contributed by atoms with Gasteiger partial charge >= 0.3 is 0 Å². The van der Waals surface area contributed by atoms with Crippen molar-refractivity contribution in [2.75, 3.05) is 0 Å². The van der Waals surface area contributed by atoms with E-state index in [1.807, 2.05) is 6.20 Å². The van der Waals surface area contributed by atoms with Crippen LogP contribution in [-0.2, 0) is 0 Å². The third-order valence-corrected chi connectivity index (χ3v) is 2.07. The molecule has 14 heavy (non-hydrogen) atoms. The predicted molar refractivity (Wildman–Crippen MR) is 51.1 cm³/mol. The normalized spacial score (nSPS) is 11.1. The summed E-state index contributed by atoms with van der Waals surface area (Å²) in [6.07, 6.45) is 3.49. The van der Waals surface area contributed by atoms with E-state index in [1.165, 1.54) is 6.07 Å². The second kappa shape index (κ2) is 2.41. The summed E-state index contributed by atoms with van der Waals surface area (Å²) in [6, 6.07) is 4.98. The highest BCUT2D eigenvalue weighted by Gasteiger charge is 1.99. The fraction of sp³-hybridized carbons (Fsp3) is 0. The molecule has 0 unspecified atom stereocenters. The number of rotatable bonds is 0. The molecule has 0 aliphatic heterocycles. The number of nitrogens with zero attached hydrogens (tertiary/aromatic N) is 3. The van der Waals surface area contributed by atoms with Gasteiger partial charge in [0.15, 0.2) is 5.65 Å². The molecular weight excluding hydrogens is 180 g/mol. The molecule has 5 heteroatoms. The van der Waals surface area contributed by atoms with Gasteiger partial charge in [0.25, 0.3) is 0 Å². The van der Waals surface area contributed by atoms with E-state index in [0.29, 0.717) is 5.65 Å². The zero-order valence-corrected chi connectivity index (χ0v) is 7.14. The first-order chi connectivity index (χ1) is 6.83. The first-order valence-electron chi connectivity index (χ1n) is 4.16. The van der Waals surface area contributed by atoms with Gasteiger partial charge in [-0.05, 0) is 6.07 Å². The second-order valence-corrected chi connectivity index (χ2v) is 3.00. The molecule has 3 aromatic rings. The lowest BCUT2D eigenvalue weighted by Gasteiger charge is -1.97. The maximum absolute atomic E-state index is 11.0. The van der Waals surface area contributed by atoms with E-state index in [-0.39, 0.29) is 5.56 Å². The van der Waals surface area contributed by atoms with Crippen LogP contribution in [0.1, 0.15) is 0 Å². The Morgan fingerprint density at radius 2 is 2.21 bits per heavy atom. The maximum atomic E-state index is 11.0. The lowest BCUT2D eigenvalue weighted by atomic mass is 10.3. The molecule has 0 aliphatic rings. The van der Waals surface area contributed by atoms with Crippen molar-refractivity contribution >= 4 is 16.7 Å². The van der Waals surface area contributed by atoms with E-state index >= 15 is 0 Å². The molecule has 0 aromatic carbocycles. The molecule has 0 amide bonds. The Morgan fingerprint density at radius 3 is 3.14 bits per heavy atom. The summed E-state index contributed by atoms with van der Waals surface area (Å²) in [6.45, 7) is 0. The van der Waals surface area contributed by atoms with Gasteiger partial charge in [-0.2, -0.15) is 5.10 Å². The largest absolute Gasteiger partial charge is 0.306 e. The molecule has 0 radical (unpaired) electrons. The number of aromatic nitrogens is 4. The zero-order chi connectivity index (χ0) is 9.54. The summed E-state index contributed by atoms with van der Waals surface area (Å²) in [5.74, 6) is 0. The van der Waals surface area contributed by atoms with Crippen molar-refractivity contribution in [1.29, 1.82) is 0 Å². The molecular formula is C9H6N4O. The number of H-pyrrole nitrogens is 1. The number of hydrogen-bond acceptors (Lipinski definition) is 3. The number of nitrogens with one attached hydrogen (secondary N) is 1. The van der Waals surface area contributed by atoms with Crippen molar-refractivity contribution in [3.8, 4) is 0 Å². The van der Waals surface area contributed by atoms with Crippen LogP contribution in [0.15, 0.2) is 35.4 Å². The molecule has 3 heterocycles. The zero-order valence-electron chi connectivity index (χ0n) is 7.14. The number of pyridine rings is 1. The molecule has 0 fully saturated rings. The van der Waals surface area contributed by atoms with Crippen LogP contribution in [0.5, 0.6) is 0 Å². The van der Waals surface area contributed by atoms with E-state index in [1.54, 1.807) is 22.8 Å².